The molecule has 0 aliphatic rings. The van der Waals surface area contributed by atoms with Gasteiger partial charge in [-0.3, -0.25) is 4.79 Å². The smallest absolute Gasteiger partial charge is 0.251 e. The van der Waals surface area contributed by atoms with Crippen molar-refractivity contribution < 1.29 is 9.90 Å². The van der Waals surface area contributed by atoms with Crippen LogP contribution in [0.5, 0.6) is 0 Å². The highest BCUT2D eigenvalue weighted by Crippen LogP contribution is 2.18. The first kappa shape index (κ1) is 14.9. The fourth-order valence-corrected chi connectivity index (χ4v) is 1.82. The number of nitrogens with zero attached hydrogens (tertiary/aromatic N) is 1. The Bertz CT molecular complexity index is 413. The molecule has 0 aliphatic carbocycles. The fourth-order valence-electron chi connectivity index (χ4n) is 1.57. The van der Waals surface area contributed by atoms with Gasteiger partial charge in [0.05, 0.1) is 0 Å². The standard InChI is InChI=1S/C13H19ClN2O2/c1-9-6-10(7-11(14)16-9)12(18)15-8-13(2,3)4-5-17/h6-7,17H,4-5,8H2,1-3H3,(H,15,18). The van der Waals surface area contributed by atoms with Crippen LogP contribution in [0.3, 0.4) is 0 Å². The Kier molecular flexibility index (Phi) is 5.11. The van der Waals surface area contributed by atoms with Crippen LogP contribution in [0.15, 0.2) is 12.1 Å². The molecule has 1 aromatic heterocycles. The van der Waals surface area contributed by atoms with E-state index in [2.05, 4.69) is 10.3 Å². The van der Waals surface area contributed by atoms with Crippen LogP contribution in [-0.4, -0.2) is 29.1 Å². The molecule has 0 spiro atoms. The maximum absolute atomic E-state index is 11.9. The molecule has 100 valence electrons. The number of halogens is 1. The third-order valence-electron chi connectivity index (χ3n) is 2.70. The van der Waals surface area contributed by atoms with Crippen LogP contribution in [0.2, 0.25) is 5.15 Å². The van der Waals surface area contributed by atoms with E-state index in [1.54, 1.807) is 19.1 Å². The second kappa shape index (κ2) is 6.16. The Morgan fingerprint density at radius 1 is 1.50 bits per heavy atom. The van der Waals surface area contributed by atoms with E-state index in [9.17, 15) is 4.79 Å². The maximum Gasteiger partial charge on any atom is 0.251 e. The molecule has 0 saturated heterocycles. The zero-order valence-electron chi connectivity index (χ0n) is 11.0. The molecule has 18 heavy (non-hydrogen) atoms. The van der Waals surface area contributed by atoms with E-state index in [-0.39, 0.29) is 17.9 Å². The van der Waals surface area contributed by atoms with Crippen molar-refractivity contribution in [2.75, 3.05) is 13.2 Å². The number of nitrogens with one attached hydrogen (secondary N) is 1. The number of aliphatic hydroxyl groups excluding tert-OH is 1. The largest absolute Gasteiger partial charge is 0.396 e. The van der Waals surface area contributed by atoms with Crippen molar-refractivity contribution in [3.05, 3.63) is 28.5 Å². The Morgan fingerprint density at radius 3 is 2.72 bits per heavy atom. The second-order valence-electron chi connectivity index (χ2n) is 5.14. The summed E-state index contributed by atoms with van der Waals surface area (Å²) >= 11 is 5.81. The van der Waals surface area contributed by atoms with E-state index in [0.29, 0.717) is 29.4 Å². The average Bonchev–Trinajstić information content (AvgIpc) is 2.24. The van der Waals surface area contributed by atoms with Gasteiger partial charge in [0.25, 0.3) is 5.91 Å². The molecule has 1 amide bonds. The third-order valence-corrected chi connectivity index (χ3v) is 2.89. The molecule has 0 saturated carbocycles. The minimum Gasteiger partial charge on any atom is -0.396 e. The summed E-state index contributed by atoms with van der Waals surface area (Å²) in [5, 5.41) is 12.1. The molecule has 2 N–H and O–H groups in total. The molecule has 1 aromatic rings. The van der Waals surface area contributed by atoms with E-state index in [4.69, 9.17) is 16.7 Å². The molecule has 5 heteroatoms. The number of hydrogen-bond donors (Lipinski definition) is 2. The lowest BCUT2D eigenvalue weighted by atomic mass is 9.89. The molecular formula is C13H19ClN2O2. The van der Waals surface area contributed by atoms with E-state index in [1.165, 1.54) is 0 Å². The number of aliphatic hydroxyl groups is 1. The average molecular weight is 271 g/mol. The first-order valence-corrected chi connectivity index (χ1v) is 6.25. The van der Waals surface area contributed by atoms with Crippen LogP contribution in [0.1, 0.15) is 36.3 Å². The number of amides is 1. The second-order valence-corrected chi connectivity index (χ2v) is 5.53. The predicted octanol–water partition coefficient (Wildman–Crippen LogP) is 2.18. The molecule has 1 heterocycles. The van der Waals surface area contributed by atoms with Gasteiger partial charge in [-0.25, -0.2) is 4.98 Å². The summed E-state index contributed by atoms with van der Waals surface area (Å²) in [6, 6.07) is 3.24. The van der Waals surface area contributed by atoms with Crippen molar-refractivity contribution in [2.45, 2.75) is 27.2 Å². The lowest BCUT2D eigenvalue weighted by Gasteiger charge is -2.23. The summed E-state index contributed by atoms with van der Waals surface area (Å²) in [5.41, 5.74) is 1.09. The Labute approximate surface area is 112 Å². The van der Waals surface area contributed by atoms with E-state index in [0.717, 1.165) is 0 Å². The van der Waals surface area contributed by atoms with Gasteiger partial charge in [0.1, 0.15) is 5.15 Å². The molecule has 4 nitrogen and oxygen atoms in total. The van der Waals surface area contributed by atoms with Gasteiger partial charge in [0, 0.05) is 24.4 Å². The summed E-state index contributed by atoms with van der Waals surface area (Å²) < 4.78 is 0. The minimum absolute atomic E-state index is 0.114. The topological polar surface area (TPSA) is 62.2 Å². The van der Waals surface area contributed by atoms with E-state index in [1.807, 2.05) is 13.8 Å². The lowest BCUT2D eigenvalue weighted by molar-refractivity contribution is 0.0928. The van der Waals surface area contributed by atoms with Crippen LogP contribution in [-0.2, 0) is 0 Å². The van der Waals surface area contributed by atoms with Gasteiger partial charge in [-0.2, -0.15) is 0 Å². The minimum atomic E-state index is -0.173. The molecule has 0 aliphatic heterocycles. The highest BCUT2D eigenvalue weighted by atomic mass is 35.5. The van der Waals surface area contributed by atoms with Gasteiger partial charge in [-0.05, 0) is 30.9 Å². The van der Waals surface area contributed by atoms with Gasteiger partial charge in [-0.1, -0.05) is 25.4 Å². The summed E-state index contributed by atoms with van der Waals surface area (Å²) in [6.45, 7) is 6.40. The lowest BCUT2D eigenvalue weighted by Crippen LogP contribution is -2.34. The summed E-state index contributed by atoms with van der Waals surface area (Å²) in [6.07, 6.45) is 0.642. The SMILES string of the molecule is Cc1cc(C(=O)NCC(C)(C)CCO)cc(Cl)n1. The number of rotatable bonds is 5. The molecular weight excluding hydrogens is 252 g/mol. The molecule has 0 aromatic carbocycles. The first-order valence-electron chi connectivity index (χ1n) is 5.87. The number of aromatic nitrogens is 1. The first-order chi connectivity index (χ1) is 8.34. The normalized spacial score (nSPS) is 11.4. The highest BCUT2D eigenvalue weighted by Gasteiger charge is 2.18. The molecule has 0 fully saturated rings. The zero-order chi connectivity index (χ0) is 13.8. The Morgan fingerprint density at radius 2 is 2.17 bits per heavy atom. The maximum atomic E-state index is 11.9. The summed E-state index contributed by atoms with van der Waals surface area (Å²) in [4.78, 5) is 15.9. The molecule has 0 bridgehead atoms. The quantitative estimate of drug-likeness (QED) is 0.806. The number of hydrogen-bond acceptors (Lipinski definition) is 3. The fraction of sp³-hybridized carbons (Fsp3) is 0.538. The number of carbonyl (C=O) groups excluding carboxylic acids is 1. The van der Waals surface area contributed by atoms with Gasteiger partial charge >= 0.3 is 0 Å². The zero-order valence-corrected chi connectivity index (χ0v) is 11.7. The van der Waals surface area contributed by atoms with E-state index < -0.39 is 0 Å². The monoisotopic (exact) mass is 270 g/mol. The number of pyridine rings is 1. The van der Waals surface area contributed by atoms with Gasteiger partial charge in [0.15, 0.2) is 0 Å². The third kappa shape index (κ3) is 4.63. The van der Waals surface area contributed by atoms with Crippen molar-refractivity contribution in [3.63, 3.8) is 0 Å². The van der Waals surface area contributed by atoms with Crippen LogP contribution >= 0.6 is 11.6 Å². The Balaban J connectivity index is 2.66. The van der Waals surface area contributed by atoms with Gasteiger partial charge in [0.2, 0.25) is 0 Å². The van der Waals surface area contributed by atoms with Crippen molar-refractivity contribution in [1.82, 2.24) is 10.3 Å². The van der Waals surface area contributed by atoms with Gasteiger partial charge in [-0.15, -0.1) is 0 Å². The number of aryl methyl sites for hydroxylation is 1. The number of carbonyl (C=O) groups is 1. The molecule has 0 radical (unpaired) electrons. The molecule has 1 rings (SSSR count). The summed E-state index contributed by atoms with van der Waals surface area (Å²) in [5.74, 6) is -0.173. The van der Waals surface area contributed by atoms with E-state index >= 15 is 0 Å². The van der Waals surface area contributed by atoms with Crippen LogP contribution in [0.25, 0.3) is 0 Å². The van der Waals surface area contributed by atoms with Crippen molar-refractivity contribution in [1.29, 1.82) is 0 Å². The van der Waals surface area contributed by atoms with Crippen molar-refractivity contribution in [3.8, 4) is 0 Å². The Hall–Kier alpha value is -1.13. The molecule has 0 unspecified atom stereocenters. The van der Waals surface area contributed by atoms with Crippen LogP contribution in [0, 0.1) is 12.3 Å². The highest BCUT2D eigenvalue weighted by molar-refractivity contribution is 6.29. The van der Waals surface area contributed by atoms with Gasteiger partial charge < -0.3 is 10.4 Å². The predicted molar refractivity (Wildman–Crippen MR) is 71.8 cm³/mol. The van der Waals surface area contributed by atoms with Crippen LogP contribution < -0.4 is 5.32 Å². The summed E-state index contributed by atoms with van der Waals surface area (Å²) in [7, 11) is 0. The van der Waals surface area contributed by atoms with Crippen LogP contribution in [0.4, 0.5) is 0 Å². The molecule has 0 atom stereocenters. The van der Waals surface area contributed by atoms with Crippen molar-refractivity contribution in [2.24, 2.45) is 5.41 Å². The van der Waals surface area contributed by atoms with Crippen molar-refractivity contribution >= 4 is 17.5 Å².